The van der Waals surface area contributed by atoms with Crippen molar-refractivity contribution in [1.29, 1.82) is 0 Å². The second-order valence-electron chi connectivity index (χ2n) is 5.13. The fourth-order valence-corrected chi connectivity index (χ4v) is 2.16. The van der Waals surface area contributed by atoms with Gasteiger partial charge >= 0.3 is 0 Å². The van der Waals surface area contributed by atoms with Crippen LogP contribution in [0.1, 0.15) is 18.1 Å². The van der Waals surface area contributed by atoms with Gasteiger partial charge in [-0.3, -0.25) is 4.98 Å². The molecule has 0 saturated heterocycles. The first kappa shape index (κ1) is 15.3. The third-order valence-electron chi connectivity index (χ3n) is 3.16. The van der Waals surface area contributed by atoms with E-state index in [0.717, 1.165) is 35.5 Å². The lowest BCUT2D eigenvalue weighted by molar-refractivity contribution is 0.297. The van der Waals surface area contributed by atoms with Crippen molar-refractivity contribution < 1.29 is 9.47 Å². The highest BCUT2D eigenvalue weighted by molar-refractivity contribution is 5.43. The van der Waals surface area contributed by atoms with E-state index in [9.17, 15) is 0 Å². The molecule has 1 atom stereocenters. The van der Waals surface area contributed by atoms with Gasteiger partial charge in [0.25, 0.3) is 0 Å². The maximum Gasteiger partial charge on any atom is 0.161 e. The van der Waals surface area contributed by atoms with Crippen LogP contribution in [0.4, 0.5) is 0 Å². The van der Waals surface area contributed by atoms with Crippen LogP contribution < -0.4 is 15.2 Å². The molecular formula is C17H22N2O2. The Morgan fingerprint density at radius 1 is 1.19 bits per heavy atom. The summed E-state index contributed by atoms with van der Waals surface area (Å²) in [5.74, 6) is 1.51. The molecule has 0 radical (unpaired) electrons. The summed E-state index contributed by atoms with van der Waals surface area (Å²) >= 11 is 0. The number of hydrogen-bond donors (Lipinski definition) is 1. The van der Waals surface area contributed by atoms with Gasteiger partial charge < -0.3 is 15.2 Å². The minimum Gasteiger partial charge on any atom is -0.493 e. The smallest absolute Gasteiger partial charge is 0.161 e. The number of rotatable bonds is 7. The maximum atomic E-state index is 5.86. The molecule has 2 N–H and O–H groups in total. The zero-order chi connectivity index (χ0) is 15.1. The van der Waals surface area contributed by atoms with Crippen LogP contribution in [-0.2, 0) is 12.8 Å². The molecule has 0 spiro atoms. The molecule has 4 heteroatoms. The number of aromatic nitrogens is 1. The van der Waals surface area contributed by atoms with Crippen molar-refractivity contribution >= 4 is 0 Å². The number of benzene rings is 1. The Balaban J connectivity index is 2.00. The predicted molar refractivity (Wildman–Crippen MR) is 83.8 cm³/mol. The average Bonchev–Trinajstić information content (AvgIpc) is 2.48. The molecule has 0 aliphatic carbocycles. The number of ether oxygens (including phenoxy) is 2. The van der Waals surface area contributed by atoms with Gasteiger partial charge in [-0.15, -0.1) is 0 Å². The first-order chi connectivity index (χ1) is 10.2. The number of methoxy groups -OCH3 is 1. The summed E-state index contributed by atoms with van der Waals surface area (Å²) in [7, 11) is 1.65. The lowest BCUT2D eigenvalue weighted by Gasteiger charge is -2.13. The molecule has 1 heterocycles. The van der Waals surface area contributed by atoms with Crippen LogP contribution in [0.3, 0.4) is 0 Å². The monoisotopic (exact) mass is 286 g/mol. The lowest BCUT2D eigenvalue weighted by Crippen LogP contribution is -2.17. The van der Waals surface area contributed by atoms with Crippen LogP contribution in [0, 0.1) is 0 Å². The van der Waals surface area contributed by atoms with Crippen molar-refractivity contribution in [1.82, 2.24) is 4.98 Å². The lowest BCUT2D eigenvalue weighted by atomic mass is 10.1. The van der Waals surface area contributed by atoms with E-state index < -0.39 is 0 Å². The summed E-state index contributed by atoms with van der Waals surface area (Å²) in [6.45, 7) is 2.58. The SMILES string of the molecule is COc1ccc(CC(C)N)cc1OCCc1cccnc1. The highest BCUT2D eigenvalue weighted by Crippen LogP contribution is 2.28. The van der Waals surface area contributed by atoms with Crippen LogP contribution in [0.5, 0.6) is 11.5 Å². The molecule has 0 amide bonds. The third-order valence-corrected chi connectivity index (χ3v) is 3.16. The van der Waals surface area contributed by atoms with Gasteiger partial charge in [-0.05, 0) is 42.7 Å². The molecule has 112 valence electrons. The van der Waals surface area contributed by atoms with Crippen molar-refractivity contribution in [2.45, 2.75) is 25.8 Å². The Morgan fingerprint density at radius 2 is 2.05 bits per heavy atom. The molecule has 1 aromatic heterocycles. The van der Waals surface area contributed by atoms with Gasteiger partial charge in [-0.25, -0.2) is 0 Å². The summed E-state index contributed by atoms with van der Waals surface area (Å²) in [4.78, 5) is 4.10. The summed E-state index contributed by atoms with van der Waals surface area (Å²) in [5.41, 5.74) is 8.15. The first-order valence-corrected chi connectivity index (χ1v) is 7.13. The average molecular weight is 286 g/mol. The standard InChI is InChI=1S/C17H22N2O2/c1-13(18)10-15-5-6-16(20-2)17(11-15)21-9-7-14-4-3-8-19-12-14/h3-6,8,11-13H,7,9-10,18H2,1-2H3. The molecule has 21 heavy (non-hydrogen) atoms. The molecular weight excluding hydrogens is 264 g/mol. The second kappa shape index (κ2) is 7.64. The Hall–Kier alpha value is -2.07. The molecule has 1 unspecified atom stereocenters. The Labute approximate surface area is 125 Å². The number of nitrogens with zero attached hydrogens (tertiary/aromatic N) is 1. The minimum atomic E-state index is 0.127. The Bertz CT molecular complexity index is 556. The topological polar surface area (TPSA) is 57.4 Å². The van der Waals surface area contributed by atoms with E-state index in [1.165, 1.54) is 0 Å². The van der Waals surface area contributed by atoms with Gasteiger partial charge in [-0.2, -0.15) is 0 Å². The van der Waals surface area contributed by atoms with Gasteiger partial charge in [0, 0.05) is 24.9 Å². The largest absolute Gasteiger partial charge is 0.493 e. The zero-order valence-electron chi connectivity index (χ0n) is 12.6. The Morgan fingerprint density at radius 3 is 2.71 bits per heavy atom. The van der Waals surface area contributed by atoms with Crippen molar-refractivity contribution in [3.63, 3.8) is 0 Å². The van der Waals surface area contributed by atoms with E-state index >= 15 is 0 Å². The van der Waals surface area contributed by atoms with E-state index in [4.69, 9.17) is 15.2 Å². The predicted octanol–water partition coefficient (Wildman–Crippen LogP) is 2.60. The van der Waals surface area contributed by atoms with Crippen molar-refractivity contribution in [2.75, 3.05) is 13.7 Å². The summed E-state index contributed by atoms with van der Waals surface area (Å²) in [5, 5.41) is 0. The molecule has 4 nitrogen and oxygen atoms in total. The first-order valence-electron chi connectivity index (χ1n) is 7.13. The van der Waals surface area contributed by atoms with Gasteiger partial charge in [0.2, 0.25) is 0 Å². The molecule has 0 bridgehead atoms. The van der Waals surface area contributed by atoms with E-state index in [1.54, 1.807) is 13.3 Å². The molecule has 0 aliphatic rings. The van der Waals surface area contributed by atoms with E-state index in [-0.39, 0.29) is 6.04 Å². The van der Waals surface area contributed by atoms with Crippen molar-refractivity contribution in [3.8, 4) is 11.5 Å². The summed E-state index contributed by atoms with van der Waals surface area (Å²) in [6, 6.07) is 10.1. The van der Waals surface area contributed by atoms with Gasteiger partial charge in [0.1, 0.15) is 0 Å². The number of hydrogen-bond acceptors (Lipinski definition) is 4. The fourth-order valence-electron chi connectivity index (χ4n) is 2.16. The second-order valence-corrected chi connectivity index (χ2v) is 5.13. The molecule has 2 aromatic rings. The quantitative estimate of drug-likeness (QED) is 0.850. The molecule has 2 rings (SSSR count). The highest BCUT2D eigenvalue weighted by Gasteiger charge is 2.07. The Kier molecular flexibility index (Phi) is 5.58. The zero-order valence-corrected chi connectivity index (χ0v) is 12.6. The maximum absolute atomic E-state index is 5.86. The van der Waals surface area contributed by atoms with Gasteiger partial charge in [0.15, 0.2) is 11.5 Å². The van der Waals surface area contributed by atoms with Crippen LogP contribution >= 0.6 is 0 Å². The summed E-state index contributed by atoms with van der Waals surface area (Å²) in [6.07, 6.45) is 5.26. The van der Waals surface area contributed by atoms with Gasteiger partial charge in [0.05, 0.1) is 13.7 Å². The highest BCUT2D eigenvalue weighted by atomic mass is 16.5. The number of pyridine rings is 1. The van der Waals surface area contributed by atoms with E-state index in [2.05, 4.69) is 4.98 Å². The molecule has 0 saturated carbocycles. The van der Waals surface area contributed by atoms with E-state index in [1.807, 2.05) is 43.5 Å². The van der Waals surface area contributed by atoms with Crippen LogP contribution in [0.15, 0.2) is 42.7 Å². The molecule has 0 fully saturated rings. The molecule has 1 aromatic carbocycles. The van der Waals surface area contributed by atoms with Crippen LogP contribution in [-0.4, -0.2) is 24.7 Å². The van der Waals surface area contributed by atoms with Crippen molar-refractivity contribution in [2.24, 2.45) is 5.73 Å². The number of nitrogens with two attached hydrogens (primary N) is 1. The van der Waals surface area contributed by atoms with E-state index in [0.29, 0.717) is 6.61 Å². The normalized spacial score (nSPS) is 12.0. The fraction of sp³-hybridized carbons (Fsp3) is 0.353. The summed E-state index contributed by atoms with van der Waals surface area (Å²) < 4.78 is 11.2. The third kappa shape index (κ3) is 4.76. The van der Waals surface area contributed by atoms with Crippen LogP contribution in [0.2, 0.25) is 0 Å². The molecule has 0 aliphatic heterocycles. The van der Waals surface area contributed by atoms with Crippen molar-refractivity contribution in [3.05, 3.63) is 53.9 Å². The van der Waals surface area contributed by atoms with Gasteiger partial charge in [-0.1, -0.05) is 12.1 Å². The van der Waals surface area contributed by atoms with Crippen LogP contribution in [0.25, 0.3) is 0 Å². The minimum absolute atomic E-state index is 0.127.